The molecular formula is C13H12ClN3O2. The molecule has 1 aromatic heterocycles. The minimum absolute atomic E-state index is 0.201. The van der Waals surface area contributed by atoms with Crippen molar-refractivity contribution in [2.45, 2.75) is 13.5 Å². The van der Waals surface area contributed by atoms with Gasteiger partial charge in [0.15, 0.2) is 11.0 Å². The Morgan fingerprint density at radius 2 is 2.05 bits per heavy atom. The van der Waals surface area contributed by atoms with Crippen molar-refractivity contribution in [3.63, 3.8) is 0 Å². The summed E-state index contributed by atoms with van der Waals surface area (Å²) in [5.41, 5.74) is 1.63. The highest BCUT2D eigenvalue weighted by Gasteiger charge is 2.08. The summed E-state index contributed by atoms with van der Waals surface area (Å²) in [6.07, 6.45) is -0.580. The fraction of sp³-hybridized carbons (Fsp3) is 0.154. The number of nitrogens with one attached hydrogen (secondary N) is 1. The molecule has 0 unspecified atom stereocenters. The Bertz CT molecular complexity index is 575. The van der Waals surface area contributed by atoms with Gasteiger partial charge in [-0.3, -0.25) is 5.32 Å². The lowest BCUT2D eigenvalue weighted by molar-refractivity contribution is 0.155. The number of carbonyl (C=O) groups is 1. The molecule has 0 aliphatic heterocycles. The van der Waals surface area contributed by atoms with Crippen LogP contribution in [0.5, 0.6) is 0 Å². The van der Waals surface area contributed by atoms with E-state index in [0.29, 0.717) is 5.82 Å². The van der Waals surface area contributed by atoms with Gasteiger partial charge < -0.3 is 4.74 Å². The van der Waals surface area contributed by atoms with Crippen molar-refractivity contribution in [2.75, 3.05) is 5.32 Å². The molecule has 1 N–H and O–H groups in total. The zero-order chi connectivity index (χ0) is 13.7. The fourth-order valence-electron chi connectivity index (χ4n) is 1.43. The largest absolute Gasteiger partial charge is 0.444 e. The van der Waals surface area contributed by atoms with Crippen LogP contribution in [0.15, 0.2) is 36.4 Å². The Labute approximate surface area is 115 Å². The van der Waals surface area contributed by atoms with Gasteiger partial charge in [-0.1, -0.05) is 41.9 Å². The predicted molar refractivity (Wildman–Crippen MR) is 72.0 cm³/mol. The molecule has 2 rings (SSSR count). The van der Waals surface area contributed by atoms with Crippen LogP contribution in [0.2, 0.25) is 5.15 Å². The van der Waals surface area contributed by atoms with Crippen molar-refractivity contribution >= 4 is 23.5 Å². The quantitative estimate of drug-likeness (QED) is 0.936. The molecule has 0 fully saturated rings. The first-order valence-corrected chi connectivity index (χ1v) is 6.00. The second kappa shape index (κ2) is 6.15. The van der Waals surface area contributed by atoms with Crippen molar-refractivity contribution in [3.05, 3.63) is 52.7 Å². The van der Waals surface area contributed by atoms with Gasteiger partial charge in [-0.2, -0.15) is 0 Å². The number of anilines is 1. The second-order valence-corrected chi connectivity index (χ2v) is 4.27. The molecule has 1 aromatic carbocycles. The van der Waals surface area contributed by atoms with E-state index in [-0.39, 0.29) is 11.8 Å². The molecule has 2 aromatic rings. The maximum Gasteiger partial charge on any atom is 0.413 e. The van der Waals surface area contributed by atoms with Gasteiger partial charge in [-0.15, -0.1) is 10.2 Å². The Morgan fingerprint density at radius 3 is 2.74 bits per heavy atom. The van der Waals surface area contributed by atoms with Crippen molar-refractivity contribution in [2.24, 2.45) is 0 Å². The number of carbonyl (C=O) groups excluding carboxylic acids is 1. The minimum Gasteiger partial charge on any atom is -0.444 e. The van der Waals surface area contributed by atoms with Gasteiger partial charge in [0.05, 0.1) is 0 Å². The summed E-state index contributed by atoms with van der Waals surface area (Å²) >= 11 is 5.68. The number of benzene rings is 1. The van der Waals surface area contributed by atoms with Crippen molar-refractivity contribution in [1.82, 2.24) is 10.2 Å². The molecule has 0 radical (unpaired) electrons. The van der Waals surface area contributed by atoms with Crippen LogP contribution in [0.25, 0.3) is 0 Å². The minimum atomic E-state index is -0.580. The van der Waals surface area contributed by atoms with E-state index in [2.05, 4.69) is 15.5 Å². The maximum atomic E-state index is 11.6. The lowest BCUT2D eigenvalue weighted by atomic mass is 10.2. The summed E-state index contributed by atoms with van der Waals surface area (Å²) in [5, 5.41) is 10.2. The van der Waals surface area contributed by atoms with Crippen molar-refractivity contribution in [3.8, 4) is 0 Å². The molecule has 0 saturated carbocycles. The lowest BCUT2D eigenvalue weighted by Crippen LogP contribution is -2.15. The first kappa shape index (κ1) is 13.3. The number of aryl methyl sites for hydroxylation is 1. The number of aromatic nitrogens is 2. The highest BCUT2D eigenvalue weighted by Crippen LogP contribution is 2.14. The molecule has 5 nitrogen and oxygen atoms in total. The van der Waals surface area contributed by atoms with E-state index in [9.17, 15) is 4.79 Å². The van der Waals surface area contributed by atoms with E-state index in [1.165, 1.54) is 0 Å². The average molecular weight is 278 g/mol. The van der Waals surface area contributed by atoms with Crippen LogP contribution in [0.1, 0.15) is 11.1 Å². The Kier molecular flexibility index (Phi) is 4.30. The molecule has 0 saturated heterocycles. The zero-order valence-corrected chi connectivity index (χ0v) is 11.0. The molecule has 0 aliphatic rings. The fourth-order valence-corrected chi connectivity index (χ4v) is 1.63. The molecule has 0 atom stereocenters. The molecule has 0 spiro atoms. The summed E-state index contributed by atoms with van der Waals surface area (Å²) in [5.74, 6) is 0.336. The summed E-state index contributed by atoms with van der Waals surface area (Å²) in [4.78, 5) is 11.6. The van der Waals surface area contributed by atoms with Crippen LogP contribution in [-0.4, -0.2) is 16.3 Å². The van der Waals surface area contributed by atoms with E-state index in [1.807, 2.05) is 30.3 Å². The first-order chi connectivity index (χ1) is 9.15. The number of hydrogen-bond acceptors (Lipinski definition) is 4. The second-order valence-electron chi connectivity index (χ2n) is 3.89. The lowest BCUT2D eigenvalue weighted by Gasteiger charge is -2.07. The topological polar surface area (TPSA) is 64.1 Å². The van der Waals surface area contributed by atoms with Crippen LogP contribution >= 0.6 is 11.6 Å². The first-order valence-electron chi connectivity index (χ1n) is 5.62. The predicted octanol–water partition coefficient (Wildman–Crippen LogP) is 3.19. The molecule has 1 amide bonds. The van der Waals surface area contributed by atoms with E-state index < -0.39 is 6.09 Å². The van der Waals surface area contributed by atoms with Crippen LogP contribution in [-0.2, 0) is 11.3 Å². The van der Waals surface area contributed by atoms with Crippen LogP contribution < -0.4 is 5.32 Å². The summed E-state index contributed by atoms with van der Waals surface area (Å²) in [6, 6.07) is 11.0. The Morgan fingerprint density at radius 1 is 1.32 bits per heavy atom. The van der Waals surface area contributed by atoms with Crippen molar-refractivity contribution < 1.29 is 9.53 Å². The van der Waals surface area contributed by atoms with Crippen LogP contribution in [0, 0.1) is 6.92 Å². The third-order valence-corrected chi connectivity index (χ3v) is 2.57. The van der Waals surface area contributed by atoms with E-state index >= 15 is 0 Å². The summed E-state index contributed by atoms with van der Waals surface area (Å²) in [6.45, 7) is 1.97. The number of ether oxygens (including phenoxy) is 1. The molecule has 0 aliphatic carbocycles. The molecule has 1 heterocycles. The van der Waals surface area contributed by atoms with Gasteiger partial charge in [-0.25, -0.2) is 4.79 Å². The van der Waals surface area contributed by atoms with Gasteiger partial charge in [-0.05, 0) is 24.1 Å². The number of amides is 1. The van der Waals surface area contributed by atoms with Gasteiger partial charge in [0.1, 0.15) is 6.61 Å². The maximum absolute atomic E-state index is 11.6. The third-order valence-electron chi connectivity index (χ3n) is 2.39. The number of rotatable bonds is 3. The number of nitrogens with zero attached hydrogens (tertiary/aromatic N) is 2. The van der Waals surface area contributed by atoms with Gasteiger partial charge in [0.25, 0.3) is 0 Å². The van der Waals surface area contributed by atoms with Crippen molar-refractivity contribution in [1.29, 1.82) is 0 Å². The van der Waals surface area contributed by atoms with E-state index in [1.54, 1.807) is 13.0 Å². The molecule has 6 heteroatoms. The van der Waals surface area contributed by atoms with Gasteiger partial charge >= 0.3 is 6.09 Å². The summed E-state index contributed by atoms with van der Waals surface area (Å²) in [7, 11) is 0. The van der Waals surface area contributed by atoms with E-state index in [0.717, 1.165) is 11.1 Å². The van der Waals surface area contributed by atoms with Crippen LogP contribution in [0.4, 0.5) is 10.6 Å². The highest BCUT2D eigenvalue weighted by molar-refractivity contribution is 6.29. The normalized spacial score (nSPS) is 10.0. The average Bonchev–Trinajstić information content (AvgIpc) is 2.41. The molecule has 19 heavy (non-hydrogen) atoms. The third kappa shape index (κ3) is 3.93. The SMILES string of the molecule is Cc1cc(Cl)nnc1NC(=O)OCc1ccccc1. The molecular weight excluding hydrogens is 266 g/mol. The zero-order valence-electron chi connectivity index (χ0n) is 10.3. The van der Waals surface area contributed by atoms with E-state index in [4.69, 9.17) is 16.3 Å². The smallest absolute Gasteiger partial charge is 0.413 e. The van der Waals surface area contributed by atoms with Crippen LogP contribution in [0.3, 0.4) is 0 Å². The Balaban J connectivity index is 1.91. The van der Waals surface area contributed by atoms with Gasteiger partial charge in [0.2, 0.25) is 0 Å². The monoisotopic (exact) mass is 277 g/mol. The Hall–Kier alpha value is -2.14. The number of halogens is 1. The molecule has 0 bridgehead atoms. The highest BCUT2D eigenvalue weighted by atomic mass is 35.5. The molecule has 98 valence electrons. The van der Waals surface area contributed by atoms with Gasteiger partial charge in [0, 0.05) is 0 Å². The number of hydrogen-bond donors (Lipinski definition) is 1. The standard InChI is InChI=1S/C13H12ClN3O2/c1-9-7-11(14)16-17-12(9)15-13(18)19-8-10-5-3-2-4-6-10/h2-7H,8H2,1H3,(H,15,17,18). The summed E-state index contributed by atoms with van der Waals surface area (Å²) < 4.78 is 5.07.